The number of carbonyl (C=O) groups is 2. The topological polar surface area (TPSA) is 84.7 Å². The van der Waals surface area contributed by atoms with Crippen LogP contribution in [-0.4, -0.2) is 29.9 Å². The second-order valence-corrected chi connectivity index (χ2v) is 6.84. The molecule has 7 nitrogen and oxygen atoms in total. The molecule has 0 unspecified atom stereocenters. The van der Waals surface area contributed by atoms with Crippen molar-refractivity contribution in [2.45, 2.75) is 13.3 Å². The third kappa shape index (κ3) is 3.43. The van der Waals surface area contributed by atoms with Crippen molar-refractivity contribution in [3.8, 4) is 17.0 Å². The Kier molecular flexibility index (Phi) is 4.64. The van der Waals surface area contributed by atoms with Crippen molar-refractivity contribution in [2.24, 2.45) is 0 Å². The summed E-state index contributed by atoms with van der Waals surface area (Å²) in [6.45, 7) is 2.73. The van der Waals surface area contributed by atoms with Gasteiger partial charge in [0.2, 0.25) is 0 Å². The van der Waals surface area contributed by atoms with E-state index in [4.69, 9.17) is 9.15 Å². The zero-order valence-corrected chi connectivity index (χ0v) is 15.4. The fraction of sp³-hybridized carbons (Fsp3) is 0.211. The number of nitrogens with one attached hydrogen (secondary N) is 1. The number of hydrogen-bond donors (Lipinski definition) is 1. The second kappa shape index (κ2) is 7.24. The van der Waals surface area contributed by atoms with Gasteiger partial charge in [-0.2, -0.15) is 0 Å². The molecule has 0 saturated heterocycles. The molecular formula is C19H17N3O4S. The normalized spacial score (nSPS) is 13.2. The van der Waals surface area contributed by atoms with Crippen LogP contribution in [0.15, 0.2) is 46.4 Å². The number of fused-ring (bicyclic) bond motifs is 1. The van der Waals surface area contributed by atoms with E-state index in [2.05, 4.69) is 10.3 Å². The molecule has 3 heterocycles. The minimum Gasteiger partial charge on any atom is -0.482 e. The summed E-state index contributed by atoms with van der Waals surface area (Å²) in [7, 11) is 0. The molecule has 1 N–H and O–H groups in total. The third-order valence-corrected chi connectivity index (χ3v) is 4.87. The Hall–Kier alpha value is -3.13. The first-order chi connectivity index (χ1) is 13.2. The highest BCUT2D eigenvalue weighted by Crippen LogP contribution is 2.36. The number of aromatic nitrogens is 1. The Morgan fingerprint density at radius 3 is 3.04 bits per heavy atom. The lowest BCUT2D eigenvalue weighted by atomic mass is 10.1. The van der Waals surface area contributed by atoms with E-state index in [0.717, 1.165) is 17.7 Å². The van der Waals surface area contributed by atoms with Crippen LogP contribution in [0.3, 0.4) is 0 Å². The summed E-state index contributed by atoms with van der Waals surface area (Å²) >= 11 is 1.32. The maximum Gasteiger partial charge on any atom is 0.293 e. The molecule has 2 aromatic heterocycles. The predicted octanol–water partition coefficient (Wildman–Crippen LogP) is 3.79. The van der Waals surface area contributed by atoms with E-state index in [1.54, 1.807) is 17.0 Å². The van der Waals surface area contributed by atoms with Crippen LogP contribution >= 0.6 is 11.3 Å². The van der Waals surface area contributed by atoms with Gasteiger partial charge in [0.15, 0.2) is 17.5 Å². The van der Waals surface area contributed by atoms with Gasteiger partial charge in [-0.25, -0.2) is 4.98 Å². The molecule has 2 amide bonds. The summed E-state index contributed by atoms with van der Waals surface area (Å²) < 4.78 is 10.6. The van der Waals surface area contributed by atoms with Crippen molar-refractivity contribution < 1.29 is 18.7 Å². The fourth-order valence-corrected chi connectivity index (χ4v) is 3.58. The molecule has 0 spiro atoms. The molecule has 1 aliphatic heterocycles. The highest BCUT2D eigenvalue weighted by molar-refractivity contribution is 7.14. The molecule has 8 heteroatoms. The SMILES string of the molecule is CCCN1C(=O)COc2ccc(-c3csc(NC(=O)c4ccco4)n3)cc21. The summed E-state index contributed by atoms with van der Waals surface area (Å²) in [5.41, 5.74) is 2.31. The van der Waals surface area contributed by atoms with Gasteiger partial charge >= 0.3 is 0 Å². The van der Waals surface area contributed by atoms with Crippen molar-refractivity contribution >= 4 is 34.0 Å². The molecule has 27 heavy (non-hydrogen) atoms. The summed E-state index contributed by atoms with van der Waals surface area (Å²) in [6.07, 6.45) is 2.30. The van der Waals surface area contributed by atoms with Crippen LogP contribution in [0.4, 0.5) is 10.8 Å². The molecule has 0 aliphatic carbocycles. The lowest BCUT2D eigenvalue weighted by Gasteiger charge is -2.29. The highest BCUT2D eigenvalue weighted by atomic mass is 32.1. The van der Waals surface area contributed by atoms with E-state index >= 15 is 0 Å². The third-order valence-electron chi connectivity index (χ3n) is 4.11. The van der Waals surface area contributed by atoms with Crippen LogP contribution in [0.25, 0.3) is 11.3 Å². The molecule has 3 aromatic rings. The van der Waals surface area contributed by atoms with Crippen LogP contribution in [0.2, 0.25) is 0 Å². The Morgan fingerprint density at radius 2 is 2.26 bits per heavy atom. The minimum atomic E-state index is -0.348. The number of benzene rings is 1. The van der Waals surface area contributed by atoms with E-state index in [-0.39, 0.29) is 24.2 Å². The van der Waals surface area contributed by atoms with E-state index in [1.807, 2.05) is 30.5 Å². The van der Waals surface area contributed by atoms with Crippen molar-refractivity contribution in [3.63, 3.8) is 0 Å². The van der Waals surface area contributed by atoms with Gasteiger partial charge in [-0.05, 0) is 36.8 Å². The quantitative estimate of drug-likeness (QED) is 0.725. The molecule has 1 aromatic carbocycles. The van der Waals surface area contributed by atoms with Crippen LogP contribution in [0.5, 0.6) is 5.75 Å². The first-order valence-electron chi connectivity index (χ1n) is 8.53. The molecule has 0 bridgehead atoms. The van der Waals surface area contributed by atoms with Crippen molar-refractivity contribution in [2.75, 3.05) is 23.4 Å². The average Bonchev–Trinajstić information content (AvgIpc) is 3.36. The number of carbonyl (C=O) groups excluding carboxylic acids is 2. The largest absolute Gasteiger partial charge is 0.482 e. The zero-order chi connectivity index (χ0) is 18.8. The van der Waals surface area contributed by atoms with E-state index in [9.17, 15) is 9.59 Å². The maximum absolute atomic E-state index is 12.2. The van der Waals surface area contributed by atoms with E-state index in [1.165, 1.54) is 17.6 Å². The van der Waals surface area contributed by atoms with Gasteiger partial charge in [0.05, 0.1) is 17.6 Å². The Balaban J connectivity index is 1.58. The molecule has 0 fully saturated rings. The van der Waals surface area contributed by atoms with E-state index in [0.29, 0.717) is 23.1 Å². The number of nitrogens with zero attached hydrogens (tertiary/aromatic N) is 2. The van der Waals surface area contributed by atoms with Gasteiger partial charge in [0.25, 0.3) is 11.8 Å². The Bertz CT molecular complexity index is 981. The number of furan rings is 1. The number of thiazole rings is 1. The highest BCUT2D eigenvalue weighted by Gasteiger charge is 2.25. The van der Waals surface area contributed by atoms with Crippen LogP contribution in [0, 0.1) is 0 Å². The molecule has 0 radical (unpaired) electrons. The van der Waals surface area contributed by atoms with Gasteiger partial charge in [-0.15, -0.1) is 11.3 Å². The smallest absolute Gasteiger partial charge is 0.293 e. The summed E-state index contributed by atoms with van der Waals surface area (Å²) in [6, 6.07) is 8.88. The van der Waals surface area contributed by atoms with Crippen LogP contribution in [0.1, 0.15) is 23.9 Å². The lowest BCUT2D eigenvalue weighted by molar-refractivity contribution is -0.121. The molecule has 4 rings (SSSR count). The Labute approximate surface area is 159 Å². The maximum atomic E-state index is 12.2. The predicted molar refractivity (Wildman–Crippen MR) is 102 cm³/mol. The summed E-state index contributed by atoms with van der Waals surface area (Å²) in [5, 5.41) is 5.05. The van der Waals surface area contributed by atoms with Crippen LogP contribution in [-0.2, 0) is 4.79 Å². The van der Waals surface area contributed by atoms with Gasteiger partial charge < -0.3 is 14.1 Å². The number of hydrogen-bond acceptors (Lipinski definition) is 6. The van der Waals surface area contributed by atoms with Gasteiger partial charge in [-0.1, -0.05) is 6.92 Å². The van der Waals surface area contributed by atoms with Crippen LogP contribution < -0.4 is 15.0 Å². The van der Waals surface area contributed by atoms with Gasteiger partial charge in [-0.3, -0.25) is 14.9 Å². The minimum absolute atomic E-state index is 0.0498. The van der Waals surface area contributed by atoms with Crippen molar-refractivity contribution in [3.05, 3.63) is 47.7 Å². The second-order valence-electron chi connectivity index (χ2n) is 5.99. The van der Waals surface area contributed by atoms with Crippen molar-refractivity contribution in [1.82, 2.24) is 4.98 Å². The molecule has 138 valence electrons. The number of rotatable bonds is 5. The summed E-state index contributed by atoms with van der Waals surface area (Å²) in [5.74, 6) is 0.519. The first kappa shape index (κ1) is 17.3. The summed E-state index contributed by atoms with van der Waals surface area (Å²) in [4.78, 5) is 30.4. The lowest BCUT2D eigenvalue weighted by Crippen LogP contribution is -2.39. The van der Waals surface area contributed by atoms with E-state index < -0.39 is 0 Å². The number of ether oxygens (including phenoxy) is 1. The number of anilines is 2. The monoisotopic (exact) mass is 383 g/mol. The Morgan fingerprint density at radius 1 is 1.37 bits per heavy atom. The standard InChI is InChI=1S/C19H17N3O4S/c1-2-7-22-14-9-12(5-6-15(14)26-10-17(22)23)13-11-27-19(20-13)21-18(24)16-4-3-8-25-16/h3-6,8-9,11H,2,7,10H2,1H3,(H,20,21,24). The van der Waals surface area contributed by atoms with Crippen molar-refractivity contribution in [1.29, 1.82) is 0 Å². The molecular weight excluding hydrogens is 366 g/mol. The first-order valence-corrected chi connectivity index (χ1v) is 9.41. The van der Waals surface area contributed by atoms with Gasteiger partial charge in [0.1, 0.15) is 5.75 Å². The molecule has 1 aliphatic rings. The number of amides is 2. The molecule has 0 atom stereocenters. The zero-order valence-electron chi connectivity index (χ0n) is 14.6. The molecule has 0 saturated carbocycles. The fourth-order valence-electron chi connectivity index (χ4n) is 2.86. The van der Waals surface area contributed by atoms with Gasteiger partial charge in [0, 0.05) is 17.5 Å². The average molecular weight is 383 g/mol.